The standard InChI is InChI=1S/C18H19N5OS/c1-23-15(11-14(22-23)12-7-3-2-4-8-12)16(24)19-18-21-20-17(25-18)13-9-5-6-10-13/h2-4,7-8,11,13H,5-6,9-10H2,1H3,(H,19,21,24). The highest BCUT2D eigenvalue weighted by molar-refractivity contribution is 7.15. The lowest BCUT2D eigenvalue weighted by atomic mass is 10.1. The second-order valence-electron chi connectivity index (χ2n) is 6.29. The van der Waals surface area contributed by atoms with Crippen LogP contribution < -0.4 is 5.32 Å². The van der Waals surface area contributed by atoms with Gasteiger partial charge in [-0.2, -0.15) is 5.10 Å². The molecule has 0 radical (unpaired) electrons. The average Bonchev–Trinajstić information content (AvgIpc) is 3.35. The zero-order chi connectivity index (χ0) is 17.2. The van der Waals surface area contributed by atoms with Crippen molar-refractivity contribution in [1.29, 1.82) is 0 Å². The summed E-state index contributed by atoms with van der Waals surface area (Å²) in [6.07, 6.45) is 4.85. The van der Waals surface area contributed by atoms with Crippen molar-refractivity contribution in [2.45, 2.75) is 31.6 Å². The van der Waals surface area contributed by atoms with E-state index in [0.717, 1.165) is 16.3 Å². The number of amides is 1. The van der Waals surface area contributed by atoms with E-state index >= 15 is 0 Å². The van der Waals surface area contributed by atoms with Gasteiger partial charge >= 0.3 is 0 Å². The molecule has 1 amide bonds. The highest BCUT2D eigenvalue weighted by Crippen LogP contribution is 2.36. The highest BCUT2D eigenvalue weighted by Gasteiger charge is 2.22. The fraction of sp³-hybridized carbons (Fsp3) is 0.333. The van der Waals surface area contributed by atoms with Crippen molar-refractivity contribution < 1.29 is 4.79 Å². The van der Waals surface area contributed by atoms with Crippen LogP contribution in [0.1, 0.15) is 47.1 Å². The fourth-order valence-electron chi connectivity index (χ4n) is 3.21. The molecule has 1 aliphatic carbocycles. The molecule has 4 rings (SSSR count). The molecule has 0 atom stereocenters. The van der Waals surface area contributed by atoms with E-state index in [-0.39, 0.29) is 5.91 Å². The number of hydrogen-bond donors (Lipinski definition) is 1. The summed E-state index contributed by atoms with van der Waals surface area (Å²) < 4.78 is 1.59. The molecule has 1 saturated carbocycles. The van der Waals surface area contributed by atoms with Gasteiger partial charge in [0.15, 0.2) is 0 Å². The van der Waals surface area contributed by atoms with Gasteiger partial charge in [-0.1, -0.05) is 54.5 Å². The first kappa shape index (κ1) is 16.0. The van der Waals surface area contributed by atoms with E-state index < -0.39 is 0 Å². The average molecular weight is 353 g/mol. The zero-order valence-corrected chi connectivity index (χ0v) is 14.8. The van der Waals surface area contributed by atoms with E-state index in [9.17, 15) is 4.79 Å². The van der Waals surface area contributed by atoms with Crippen LogP contribution in [0.2, 0.25) is 0 Å². The first-order chi connectivity index (χ1) is 12.2. The molecule has 2 aromatic heterocycles. The van der Waals surface area contributed by atoms with Crippen LogP contribution in [0.4, 0.5) is 5.13 Å². The number of carbonyl (C=O) groups excluding carboxylic acids is 1. The summed E-state index contributed by atoms with van der Waals surface area (Å²) in [6, 6.07) is 11.6. The minimum absolute atomic E-state index is 0.216. The van der Waals surface area contributed by atoms with Crippen molar-refractivity contribution in [1.82, 2.24) is 20.0 Å². The normalized spacial score (nSPS) is 14.8. The van der Waals surface area contributed by atoms with Gasteiger partial charge in [0.25, 0.3) is 5.91 Å². The van der Waals surface area contributed by atoms with Crippen LogP contribution in [0.3, 0.4) is 0 Å². The summed E-state index contributed by atoms with van der Waals surface area (Å²) in [5.41, 5.74) is 2.25. The SMILES string of the molecule is Cn1nc(-c2ccccc2)cc1C(=O)Nc1nnc(C2CCCC2)s1. The van der Waals surface area contributed by atoms with E-state index in [1.165, 1.54) is 37.0 Å². The Balaban J connectivity index is 1.51. The molecule has 0 spiro atoms. The second-order valence-corrected chi connectivity index (χ2v) is 7.29. The first-order valence-corrected chi connectivity index (χ1v) is 9.26. The van der Waals surface area contributed by atoms with E-state index in [1.54, 1.807) is 17.8 Å². The predicted octanol–water partition coefficient (Wildman–Crippen LogP) is 3.85. The first-order valence-electron chi connectivity index (χ1n) is 8.45. The third-order valence-electron chi connectivity index (χ3n) is 4.55. The Hall–Kier alpha value is -2.54. The Morgan fingerprint density at radius 1 is 1.20 bits per heavy atom. The predicted molar refractivity (Wildman–Crippen MR) is 97.7 cm³/mol. The fourth-order valence-corrected chi connectivity index (χ4v) is 4.12. The van der Waals surface area contributed by atoms with Gasteiger partial charge in [-0.3, -0.25) is 14.8 Å². The van der Waals surface area contributed by atoms with Gasteiger partial charge in [0.1, 0.15) is 10.7 Å². The third-order valence-corrected chi connectivity index (χ3v) is 5.55. The second kappa shape index (κ2) is 6.76. The Morgan fingerprint density at radius 2 is 1.96 bits per heavy atom. The Kier molecular flexibility index (Phi) is 4.31. The Bertz CT molecular complexity index is 880. The molecule has 1 fully saturated rings. The summed E-state index contributed by atoms with van der Waals surface area (Å²) in [7, 11) is 1.77. The van der Waals surface area contributed by atoms with E-state index in [1.807, 2.05) is 30.3 Å². The van der Waals surface area contributed by atoms with Gasteiger partial charge < -0.3 is 0 Å². The van der Waals surface area contributed by atoms with E-state index in [4.69, 9.17) is 0 Å². The van der Waals surface area contributed by atoms with Crippen LogP contribution in [0.25, 0.3) is 11.3 Å². The number of nitrogens with zero attached hydrogens (tertiary/aromatic N) is 4. The number of aromatic nitrogens is 4. The van der Waals surface area contributed by atoms with Gasteiger partial charge in [0.05, 0.1) is 5.69 Å². The van der Waals surface area contributed by atoms with Crippen molar-refractivity contribution in [2.75, 3.05) is 5.32 Å². The van der Waals surface area contributed by atoms with Crippen molar-refractivity contribution in [3.05, 3.63) is 47.1 Å². The van der Waals surface area contributed by atoms with Crippen LogP contribution in [0, 0.1) is 0 Å². The number of nitrogens with one attached hydrogen (secondary N) is 1. The number of anilines is 1. The number of aryl methyl sites for hydroxylation is 1. The molecule has 0 aliphatic heterocycles. The maximum atomic E-state index is 12.6. The number of carbonyl (C=O) groups is 1. The largest absolute Gasteiger partial charge is 0.295 e. The Morgan fingerprint density at radius 3 is 2.72 bits per heavy atom. The van der Waals surface area contributed by atoms with E-state index in [0.29, 0.717) is 16.7 Å². The van der Waals surface area contributed by atoms with Crippen molar-refractivity contribution in [3.8, 4) is 11.3 Å². The molecule has 0 saturated heterocycles. The zero-order valence-electron chi connectivity index (χ0n) is 14.0. The molecule has 0 unspecified atom stereocenters. The minimum Gasteiger partial charge on any atom is -0.295 e. The van der Waals surface area contributed by atoms with Gasteiger partial charge in [0, 0.05) is 18.5 Å². The third kappa shape index (κ3) is 3.32. The molecular weight excluding hydrogens is 334 g/mol. The molecular formula is C18H19N5OS. The van der Waals surface area contributed by atoms with Gasteiger partial charge in [-0.25, -0.2) is 0 Å². The molecule has 1 N–H and O–H groups in total. The molecule has 1 aliphatic rings. The number of benzene rings is 1. The molecule has 3 aromatic rings. The van der Waals surface area contributed by atoms with Crippen LogP contribution in [-0.2, 0) is 7.05 Å². The smallest absolute Gasteiger partial charge is 0.275 e. The summed E-state index contributed by atoms with van der Waals surface area (Å²) in [6.45, 7) is 0. The van der Waals surface area contributed by atoms with Crippen LogP contribution in [0.5, 0.6) is 0 Å². The van der Waals surface area contributed by atoms with Gasteiger partial charge in [-0.15, -0.1) is 10.2 Å². The molecule has 2 heterocycles. The maximum Gasteiger partial charge on any atom is 0.275 e. The topological polar surface area (TPSA) is 72.7 Å². The highest BCUT2D eigenvalue weighted by atomic mass is 32.1. The van der Waals surface area contributed by atoms with Gasteiger partial charge in [0.2, 0.25) is 5.13 Å². The van der Waals surface area contributed by atoms with Crippen molar-refractivity contribution >= 4 is 22.4 Å². The summed E-state index contributed by atoms with van der Waals surface area (Å²) in [4.78, 5) is 12.6. The molecule has 1 aromatic carbocycles. The lowest BCUT2D eigenvalue weighted by Crippen LogP contribution is -2.15. The van der Waals surface area contributed by atoms with Crippen molar-refractivity contribution in [3.63, 3.8) is 0 Å². The number of rotatable bonds is 4. The van der Waals surface area contributed by atoms with Gasteiger partial charge in [-0.05, 0) is 18.9 Å². The number of hydrogen-bond acceptors (Lipinski definition) is 5. The van der Waals surface area contributed by atoms with Crippen LogP contribution in [-0.4, -0.2) is 25.9 Å². The van der Waals surface area contributed by atoms with Crippen molar-refractivity contribution in [2.24, 2.45) is 7.05 Å². The molecule has 7 heteroatoms. The molecule has 25 heavy (non-hydrogen) atoms. The minimum atomic E-state index is -0.216. The van der Waals surface area contributed by atoms with Crippen LogP contribution >= 0.6 is 11.3 Å². The molecule has 0 bridgehead atoms. The molecule has 128 valence electrons. The quantitative estimate of drug-likeness (QED) is 0.773. The molecule has 6 nitrogen and oxygen atoms in total. The summed E-state index contributed by atoms with van der Waals surface area (Å²) in [5.74, 6) is 0.288. The lowest BCUT2D eigenvalue weighted by molar-refractivity contribution is 0.101. The lowest BCUT2D eigenvalue weighted by Gasteiger charge is -2.02. The maximum absolute atomic E-state index is 12.6. The van der Waals surface area contributed by atoms with Crippen LogP contribution in [0.15, 0.2) is 36.4 Å². The summed E-state index contributed by atoms with van der Waals surface area (Å²) >= 11 is 1.48. The summed E-state index contributed by atoms with van der Waals surface area (Å²) in [5, 5.41) is 17.2. The van der Waals surface area contributed by atoms with E-state index in [2.05, 4.69) is 20.6 Å². The monoisotopic (exact) mass is 353 g/mol. The Labute approximate surface area is 149 Å².